The number of rotatable bonds is 5. The van der Waals surface area contributed by atoms with E-state index in [9.17, 15) is 9.18 Å². The number of carbonyl (C=O) groups excluding carboxylic acids is 1. The zero-order valence-electron chi connectivity index (χ0n) is 15.4. The van der Waals surface area contributed by atoms with Crippen molar-refractivity contribution >= 4 is 23.5 Å². The zero-order valence-corrected chi connectivity index (χ0v) is 16.2. The second-order valence-electron chi connectivity index (χ2n) is 6.36. The van der Waals surface area contributed by atoms with E-state index >= 15 is 0 Å². The van der Waals surface area contributed by atoms with Crippen molar-refractivity contribution in [2.45, 2.75) is 6.61 Å². The van der Waals surface area contributed by atoms with Gasteiger partial charge in [-0.05, 0) is 48.0 Å². The number of ketones is 1. The molecule has 0 aliphatic carbocycles. The topological polar surface area (TPSA) is 44.8 Å². The number of methoxy groups -OCH3 is 1. The van der Waals surface area contributed by atoms with Crippen LogP contribution in [0.3, 0.4) is 0 Å². The fraction of sp³-hybridized carbons (Fsp3) is 0.0870. The molecule has 1 aliphatic heterocycles. The minimum atomic E-state index is -0.435. The average Bonchev–Trinajstić information content (AvgIpc) is 3.03. The van der Waals surface area contributed by atoms with Crippen molar-refractivity contribution in [3.8, 4) is 17.2 Å². The van der Waals surface area contributed by atoms with Crippen LogP contribution in [-0.4, -0.2) is 12.9 Å². The van der Waals surface area contributed by atoms with Crippen LogP contribution < -0.4 is 14.2 Å². The van der Waals surface area contributed by atoms with Gasteiger partial charge in [-0.25, -0.2) is 4.39 Å². The lowest BCUT2D eigenvalue weighted by molar-refractivity contribution is 0.101. The third-order valence-corrected chi connectivity index (χ3v) is 4.85. The molecule has 0 unspecified atom stereocenters. The van der Waals surface area contributed by atoms with Crippen LogP contribution in [0.25, 0.3) is 6.08 Å². The van der Waals surface area contributed by atoms with Crippen LogP contribution in [0.5, 0.6) is 17.2 Å². The molecule has 0 saturated carbocycles. The molecule has 4 nitrogen and oxygen atoms in total. The van der Waals surface area contributed by atoms with Gasteiger partial charge in [0.25, 0.3) is 0 Å². The van der Waals surface area contributed by atoms with E-state index < -0.39 is 5.82 Å². The number of fused-ring (bicyclic) bond motifs is 1. The van der Waals surface area contributed by atoms with E-state index in [1.807, 2.05) is 12.1 Å². The number of Topliss-reactive ketones (excluding diaryl/α,β-unsaturated/α-hetero) is 1. The molecule has 0 atom stereocenters. The van der Waals surface area contributed by atoms with Gasteiger partial charge in [0, 0.05) is 11.6 Å². The molecular weight excluding hydrogens is 395 g/mol. The zero-order chi connectivity index (χ0) is 20.4. The largest absolute Gasteiger partial charge is 0.497 e. The number of carbonyl (C=O) groups is 1. The molecule has 146 valence electrons. The van der Waals surface area contributed by atoms with Crippen LogP contribution in [0.15, 0.2) is 66.4 Å². The van der Waals surface area contributed by atoms with Crippen LogP contribution in [0.2, 0.25) is 5.02 Å². The third kappa shape index (κ3) is 3.96. The van der Waals surface area contributed by atoms with E-state index in [1.165, 1.54) is 12.1 Å². The Labute approximate surface area is 172 Å². The monoisotopic (exact) mass is 410 g/mol. The molecule has 0 spiro atoms. The molecule has 0 amide bonds. The Morgan fingerprint density at radius 1 is 1.07 bits per heavy atom. The van der Waals surface area contributed by atoms with Gasteiger partial charge < -0.3 is 14.2 Å². The van der Waals surface area contributed by atoms with Crippen molar-refractivity contribution < 1.29 is 23.4 Å². The number of allylic oxidation sites excluding steroid dienone is 1. The van der Waals surface area contributed by atoms with Crippen molar-refractivity contribution in [1.29, 1.82) is 0 Å². The van der Waals surface area contributed by atoms with Gasteiger partial charge in [-0.3, -0.25) is 4.79 Å². The van der Waals surface area contributed by atoms with E-state index in [0.717, 1.165) is 11.3 Å². The fourth-order valence-electron chi connectivity index (χ4n) is 2.93. The Morgan fingerprint density at radius 3 is 2.55 bits per heavy atom. The highest BCUT2D eigenvalue weighted by atomic mass is 35.5. The summed E-state index contributed by atoms with van der Waals surface area (Å²) in [6.45, 7) is -0.0349. The van der Waals surface area contributed by atoms with Crippen LogP contribution in [0.4, 0.5) is 4.39 Å². The Hall–Kier alpha value is -3.31. The van der Waals surface area contributed by atoms with Gasteiger partial charge >= 0.3 is 0 Å². The average molecular weight is 411 g/mol. The summed E-state index contributed by atoms with van der Waals surface area (Å²) >= 11 is 6.02. The van der Waals surface area contributed by atoms with Crippen LogP contribution >= 0.6 is 11.6 Å². The van der Waals surface area contributed by atoms with Crippen molar-refractivity contribution in [2.75, 3.05) is 7.11 Å². The van der Waals surface area contributed by atoms with Gasteiger partial charge in [-0.1, -0.05) is 29.8 Å². The second-order valence-corrected chi connectivity index (χ2v) is 6.77. The molecule has 1 aliphatic rings. The van der Waals surface area contributed by atoms with Gasteiger partial charge in [0.15, 0.2) is 5.76 Å². The minimum absolute atomic E-state index is 0.0349. The van der Waals surface area contributed by atoms with E-state index in [1.54, 1.807) is 49.6 Å². The maximum atomic E-state index is 13.9. The number of hydrogen-bond donors (Lipinski definition) is 0. The summed E-state index contributed by atoms with van der Waals surface area (Å²) in [6, 6.07) is 16.6. The number of hydrogen-bond acceptors (Lipinski definition) is 4. The maximum absolute atomic E-state index is 13.9. The summed E-state index contributed by atoms with van der Waals surface area (Å²) in [6.07, 6.45) is 1.67. The van der Waals surface area contributed by atoms with E-state index in [4.69, 9.17) is 25.8 Å². The molecule has 4 rings (SSSR count). The first-order valence-electron chi connectivity index (χ1n) is 8.83. The normalized spacial score (nSPS) is 13.9. The molecule has 1 heterocycles. The minimum Gasteiger partial charge on any atom is -0.497 e. The van der Waals surface area contributed by atoms with Crippen molar-refractivity contribution in [3.05, 3.63) is 94.0 Å². The highest BCUT2D eigenvalue weighted by molar-refractivity contribution is 6.31. The molecule has 29 heavy (non-hydrogen) atoms. The smallest absolute Gasteiger partial charge is 0.231 e. The van der Waals surface area contributed by atoms with Crippen LogP contribution in [0, 0.1) is 5.82 Å². The Balaban J connectivity index is 1.51. The van der Waals surface area contributed by atoms with Gasteiger partial charge in [-0.2, -0.15) is 0 Å². The third-order valence-electron chi connectivity index (χ3n) is 4.50. The van der Waals surface area contributed by atoms with E-state index in [0.29, 0.717) is 22.1 Å². The molecule has 0 N–H and O–H groups in total. The lowest BCUT2D eigenvalue weighted by Gasteiger charge is -2.09. The highest BCUT2D eigenvalue weighted by Gasteiger charge is 2.27. The lowest BCUT2D eigenvalue weighted by atomic mass is 10.1. The standard InChI is InChI=1S/C23H16ClFO4/c1-27-15-7-5-14(6-8-15)11-22-23(26)17-10-9-16(12-21(17)29-22)28-13-18-19(24)3-2-4-20(18)25/h2-12H,13H2,1H3. The van der Waals surface area contributed by atoms with Gasteiger partial charge in [-0.15, -0.1) is 0 Å². The molecular formula is C23H16ClFO4. The number of ether oxygens (including phenoxy) is 3. The first-order chi connectivity index (χ1) is 14.0. The summed E-state index contributed by atoms with van der Waals surface area (Å²) in [4.78, 5) is 12.6. The first-order valence-corrected chi connectivity index (χ1v) is 9.21. The van der Waals surface area contributed by atoms with E-state index in [-0.39, 0.29) is 23.7 Å². The summed E-state index contributed by atoms with van der Waals surface area (Å²) in [7, 11) is 1.59. The second kappa shape index (κ2) is 7.97. The van der Waals surface area contributed by atoms with Gasteiger partial charge in [0.2, 0.25) is 5.78 Å². The molecule has 3 aromatic rings. The summed E-state index contributed by atoms with van der Waals surface area (Å²) in [5.41, 5.74) is 1.53. The molecule has 3 aromatic carbocycles. The first kappa shape index (κ1) is 19.0. The quantitative estimate of drug-likeness (QED) is 0.507. The number of halogens is 2. The SMILES string of the molecule is COc1ccc(C=C2Oc3cc(OCc4c(F)cccc4Cl)ccc3C2=O)cc1. The lowest BCUT2D eigenvalue weighted by Crippen LogP contribution is -1.99. The molecule has 0 radical (unpaired) electrons. The molecule has 0 saturated heterocycles. The Morgan fingerprint density at radius 2 is 1.83 bits per heavy atom. The fourth-order valence-corrected chi connectivity index (χ4v) is 3.15. The Kier molecular flexibility index (Phi) is 5.23. The van der Waals surface area contributed by atoms with Crippen molar-refractivity contribution in [3.63, 3.8) is 0 Å². The Bertz CT molecular complexity index is 1090. The maximum Gasteiger partial charge on any atom is 0.231 e. The van der Waals surface area contributed by atoms with E-state index in [2.05, 4.69) is 0 Å². The molecule has 6 heteroatoms. The predicted molar refractivity (Wildman–Crippen MR) is 108 cm³/mol. The summed E-state index contributed by atoms with van der Waals surface area (Å²) in [5.74, 6) is 1.15. The number of benzene rings is 3. The molecule has 0 aromatic heterocycles. The molecule has 0 fully saturated rings. The summed E-state index contributed by atoms with van der Waals surface area (Å²) in [5, 5.41) is 0.294. The van der Waals surface area contributed by atoms with Gasteiger partial charge in [0.05, 0.1) is 17.7 Å². The van der Waals surface area contributed by atoms with Crippen LogP contribution in [0.1, 0.15) is 21.5 Å². The highest BCUT2D eigenvalue weighted by Crippen LogP contribution is 2.35. The van der Waals surface area contributed by atoms with Crippen molar-refractivity contribution in [2.24, 2.45) is 0 Å². The van der Waals surface area contributed by atoms with Gasteiger partial charge in [0.1, 0.15) is 29.7 Å². The van der Waals surface area contributed by atoms with Crippen LogP contribution in [-0.2, 0) is 6.61 Å². The van der Waals surface area contributed by atoms with Crippen molar-refractivity contribution in [1.82, 2.24) is 0 Å². The molecule has 0 bridgehead atoms. The predicted octanol–water partition coefficient (Wildman–Crippen LogP) is 5.68. The summed E-state index contributed by atoms with van der Waals surface area (Å²) < 4.78 is 30.4.